The van der Waals surface area contributed by atoms with E-state index in [1.165, 1.54) is 6.07 Å². The molecule has 116 valence electrons. The Labute approximate surface area is 138 Å². The SMILES string of the molecule is O=[N+]([O-])c1ccccc1-c1c[nH]c2cc(-c3ccccc3)ccc12. The Morgan fingerprint density at radius 1 is 0.792 bits per heavy atom. The van der Waals surface area contributed by atoms with Crippen LogP contribution in [-0.4, -0.2) is 9.91 Å². The molecule has 0 amide bonds. The minimum absolute atomic E-state index is 0.116. The van der Waals surface area contributed by atoms with Gasteiger partial charge in [-0.1, -0.05) is 54.6 Å². The highest BCUT2D eigenvalue weighted by Crippen LogP contribution is 2.36. The minimum atomic E-state index is -0.341. The van der Waals surface area contributed by atoms with Gasteiger partial charge in [0.05, 0.1) is 10.5 Å². The zero-order chi connectivity index (χ0) is 16.5. The lowest BCUT2D eigenvalue weighted by atomic mass is 10.00. The fourth-order valence-corrected chi connectivity index (χ4v) is 3.02. The minimum Gasteiger partial charge on any atom is -0.361 e. The topological polar surface area (TPSA) is 58.9 Å². The molecule has 4 heteroatoms. The third kappa shape index (κ3) is 2.34. The van der Waals surface area contributed by atoms with E-state index in [0.29, 0.717) is 5.56 Å². The predicted molar refractivity (Wildman–Crippen MR) is 95.8 cm³/mol. The molecule has 0 unspecified atom stereocenters. The number of para-hydroxylation sites is 1. The number of nitrogens with one attached hydrogen (secondary N) is 1. The summed E-state index contributed by atoms with van der Waals surface area (Å²) in [5, 5.41) is 12.3. The monoisotopic (exact) mass is 314 g/mol. The maximum atomic E-state index is 11.3. The third-order valence-corrected chi connectivity index (χ3v) is 4.18. The number of fused-ring (bicyclic) bond motifs is 1. The van der Waals surface area contributed by atoms with Crippen LogP contribution in [0.15, 0.2) is 79.0 Å². The van der Waals surface area contributed by atoms with Gasteiger partial charge in [0, 0.05) is 28.7 Å². The molecule has 0 aliphatic carbocycles. The Kier molecular flexibility index (Phi) is 3.35. The summed E-state index contributed by atoms with van der Waals surface area (Å²) < 4.78 is 0. The molecule has 1 aromatic heterocycles. The van der Waals surface area contributed by atoms with Crippen molar-refractivity contribution in [2.45, 2.75) is 0 Å². The second kappa shape index (κ2) is 5.66. The number of aromatic amines is 1. The van der Waals surface area contributed by atoms with Crippen LogP contribution in [0.1, 0.15) is 0 Å². The fraction of sp³-hybridized carbons (Fsp3) is 0. The average Bonchev–Trinajstić information content (AvgIpc) is 3.05. The number of H-pyrrole nitrogens is 1. The molecule has 4 aromatic rings. The Hall–Kier alpha value is -3.40. The van der Waals surface area contributed by atoms with Crippen molar-refractivity contribution in [2.75, 3.05) is 0 Å². The van der Waals surface area contributed by atoms with E-state index < -0.39 is 0 Å². The van der Waals surface area contributed by atoms with E-state index in [-0.39, 0.29) is 10.6 Å². The largest absolute Gasteiger partial charge is 0.361 e. The lowest BCUT2D eigenvalue weighted by molar-refractivity contribution is -0.384. The van der Waals surface area contributed by atoms with Crippen molar-refractivity contribution in [2.24, 2.45) is 0 Å². The number of nitro benzene ring substituents is 1. The maximum Gasteiger partial charge on any atom is 0.277 e. The van der Waals surface area contributed by atoms with Crippen molar-refractivity contribution in [3.8, 4) is 22.3 Å². The Morgan fingerprint density at radius 3 is 2.33 bits per heavy atom. The van der Waals surface area contributed by atoms with E-state index >= 15 is 0 Å². The number of nitro groups is 1. The van der Waals surface area contributed by atoms with Gasteiger partial charge in [-0.25, -0.2) is 0 Å². The number of hydrogen-bond acceptors (Lipinski definition) is 2. The molecule has 0 fully saturated rings. The summed E-state index contributed by atoms with van der Waals surface area (Å²) in [7, 11) is 0. The van der Waals surface area contributed by atoms with E-state index in [4.69, 9.17) is 0 Å². The van der Waals surface area contributed by atoms with Crippen molar-refractivity contribution in [3.63, 3.8) is 0 Å². The first-order valence-corrected chi connectivity index (χ1v) is 7.64. The van der Waals surface area contributed by atoms with Crippen LogP contribution >= 0.6 is 0 Å². The quantitative estimate of drug-likeness (QED) is 0.406. The van der Waals surface area contributed by atoms with E-state index in [0.717, 1.165) is 27.6 Å². The second-order valence-corrected chi connectivity index (χ2v) is 5.60. The summed E-state index contributed by atoms with van der Waals surface area (Å²) in [6.07, 6.45) is 1.84. The molecule has 3 aromatic carbocycles. The number of benzene rings is 3. The molecule has 4 rings (SSSR count). The molecule has 0 spiro atoms. The van der Waals surface area contributed by atoms with Crippen LogP contribution in [0.25, 0.3) is 33.2 Å². The van der Waals surface area contributed by atoms with Crippen molar-refractivity contribution in [1.29, 1.82) is 0 Å². The number of nitrogens with zero attached hydrogens (tertiary/aromatic N) is 1. The molecule has 0 atom stereocenters. The molecule has 1 N–H and O–H groups in total. The van der Waals surface area contributed by atoms with Gasteiger partial charge < -0.3 is 4.98 Å². The van der Waals surface area contributed by atoms with Gasteiger partial charge >= 0.3 is 0 Å². The normalized spacial score (nSPS) is 10.8. The maximum absolute atomic E-state index is 11.3. The lowest BCUT2D eigenvalue weighted by Crippen LogP contribution is -1.90. The molecule has 0 radical (unpaired) electrons. The number of aromatic nitrogens is 1. The first-order chi connectivity index (χ1) is 11.7. The predicted octanol–water partition coefficient (Wildman–Crippen LogP) is 5.41. The second-order valence-electron chi connectivity index (χ2n) is 5.60. The summed E-state index contributed by atoms with van der Waals surface area (Å²) in [6, 6.07) is 23.1. The van der Waals surface area contributed by atoms with E-state index in [1.54, 1.807) is 12.1 Å². The molecular weight excluding hydrogens is 300 g/mol. The van der Waals surface area contributed by atoms with Gasteiger partial charge in [-0.3, -0.25) is 10.1 Å². The number of rotatable bonds is 3. The van der Waals surface area contributed by atoms with Crippen molar-refractivity contribution >= 4 is 16.6 Å². The van der Waals surface area contributed by atoms with Crippen LogP contribution in [0.5, 0.6) is 0 Å². The molecule has 1 heterocycles. The van der Waals surface area contributed by atoms with Gasteiger partial charge in [0.25, 0.3) is 5.69 Å². The van der Waals surface area contributed by atoms with Gasteiger partial charge in [-0.15, -0.1) is 0 Å². The van der Waals surface area contributed by atoms with Crippen molar-refractivity contribution < 1.29 is 4.92 Å². The summed E-state index contributed by atoms with van der Waals surface area (Å²) in [4.78, 5) is 14.2. The highest BCUT2D eigenvalue weighted by Gasteiger charge is 2.17. The summed E-state index contributed by atoms with van der Waals surface area (Å²) in [6.45, 7) is 0. The van der Waals surface area contributed by atoms with Crippen LogP contribution in [0.4, 0.5) is 5.69 Å². The Morgan fingerprint density at radius 2 is 1.54 bits per heavy atom. The highest BCUT2D eigenvalue weighted by atomic mass is 16.6. The average molecular weight is 314 g/mol. The first-order valence-electron chi connectivity index (χ1n) is 7.64. The summed E-state index contributed by atoms with van der Waals surface area (Å²) in [5.41, 5.74) is 4.80. The van der Waals surface area contributed by atoms with Crippen LogP contribution in [0.2, 0.25) is 0 Å². The van der Waals surface area contributed by atoms with Crippen LogP contribution in [0, 0.1) is 10.1 Å². The first kappa shape index (κ1) is 14.2. The molecule has 4 nitrogen and oxygen atoms in total. The van der Waals surface area contributed by atoms with Gasteiger partial charge in [0.15, 0.2) is 0 Å². The zero-order valence-corrected chi connectivity index (χ0v) is 12.8. The third-order valence-electron chi connectivity index (χ3n) is 4.18. The van der Waals surface area contributed by atoms with Gasteiger partial charge in [0.2, 0.25) is 0 Å². The molecule has 0 saturated carbocycles. The Bertz CT molecular complexity index is 1040. The van der Waals surface area contributed by atoms with Gasteiger partial charge in [-0.2, -0.15) is 0 Å². The van der Waals surface area contributed by atoms with E-state index in [9.17, 15) is 10.1 Å². The Balaban J connectivity index is 1.87. The van der Waals surface area contributed by atoms with E-state index in [1.807, 2.05) is 42.6 Å². The summed E-state index contributed by atoms with van der Waals surface area (Å²) in [5.74, 6) is 0. The standard InChI is InChI=1S/C20H14N2O2/c23-22(24)20-9-5-4-8-17(20)18-13-21-19-12-15(10-11-16(18)19)14-6-2-1-3-7-14/h1-13,21H. The molecule has 24 heavy (non-hydrogen) atoms. The van der Waals surface area contributed by atoms with Crippen LogP contribution < -0.4 is 0 Å². The van der Waals surface area contributed by atoms with Crippen LogP contribution in [-0.2, 0) is 0 Å². The molecular formula is C20H14N2O2. The zero-order valence-electron chi connectivity index (χ0n) is 12.8. The molecule has 0 aliphatic rings. The summed E-state index contributed by atoms with van der Waals surface area (Å²) >= 11 is 0. The lowest BCUT2D eigenvalue weighted by Gasteiger charge is -2.04. The van der Waals surface area contributed by atoms with Crippen molar-refractivity contribution in [1.82, 2.24) is 4.98 Å². The molecule has 0 bridgehead atoms. The van der Waals surface area contributed by atoms with E-state index in [2.05, 4.69) is 23.2 Å². The van der Waals surface area contributed by atoms with Crippen molar-refractivity contribution in [3.05, 3.63) is 89.1 Å². The number of hydrogen-bond donors (Lipinski definition) is 1. The molecule has 0 saturated heterocycles. The smallest absolute Gasteiger partial charge is 0.277 e. The van der Waals surface area contributed by atoms with Crippen LogP contribution in [0.3, 0.4) is 0 Å². The fourth-order valence-electron chi connectivity index (χ4n) is 3.02. The van der Waals surface area contributed by atoms with Gasteiger partial charge in [0.1, 0.15) is 0 Å². The highest BCUT2D eigenvalue weighted by molar-refractivity contribution is 5.99. The molecule has 0 aliphatic heterocycles. The van der Waals surface area contributed by atoms with Gasteiger partial charge in [-0.05, 0) is 23.3 Å².